The van der Waals surface area contributed by atoms with E-state index in [-0.39, 0.29) is 11.9 Å². The first-order valence-electron chi connectivity index (χ1n) is 8.26. The molecule has 0 aromatic carbocycles. The van der Waals surface area contributed by atoms with Gasteiger partial charge in [-0.3, -0.25) is 9.69 Å². The van der Waals surface area contributed by atoms with Crippen LogP contribution in [0.4, 0.5) is 11.8 Å². The minimum atomic E-state index is 0.115. The SMILES string of the molecule is CC[C@H](C)NC(=O)CN1CCN(c2ccnc(N(C)C)n2)CC1. The zero-order valence-electron chi connectivity index (χ0n) is 14.6. The van der Waals surface area contributed by atoms with Crippen LogP contribution in [0.2, 0.25) is 0 Å². The summed E-state index contributed by atoms with van der Waals surface area (Å²) in [4.78, 5) is 27.1. The number of carbonyl (C=O) groups is 1. The lowest BCUT2D eigenvalue weighted by Crippen LogP contribution is -2.50. The molecular formula is C16H28N6O. The van der Waals surface area contributed by atoms with Gasteiger partial charge >= 0.3 is 0 Å². The van der Waals surface area contributed by atoms with Crippen molar-refractivity contribution in [2.24, 2.45) is 0 Å². The Morgan fingerprint density at radius 3 is 2.65 bits per heavy atom. The first-order valence-corrected chi connectivity index (χ1v) is 8.26. The summed E-state index contributed by atoms with van der Waals surface area (Å²) in [6.07, 6.45) is 2.76. The molecule has 0 unspecified atom stereocenters. The molecule has 0 radical (unpaired) electrons. The van der Waals surface area contributed by atoms with E-state index < -0.39 is 0 Å². The van der Waals surface area contributed by atoms with Gasteiger partial charge in [-0.2, -0.15) is 4.98 Å². The molecule has 23 heavy (non-hydrogen) atoms. The van der Waals surface area contributed by atoms with Crippen molar-refractivity contribution in [1.82, 2.24) is 20.2 Å². The fourth-order valence-corrected chi connectivity index (χ4v) is 2.49. The number of rotatable bonds is 6. The number of amides is 1. The topological polar surface area (TPSA) is 64.6 Å². The van der Waals surface area contributed by atoms with E-state index >= 15 is 0 Å². The number of anilines is 2. The van der Waals surface area contributed by atoms with Crippen molar-refractivity contribution in [3.05, 3.63) is 12.3 Å². The number of aromatic nitrogens is 2. The van der Waals surface area contributed by atoms with E-state index in [4.69, 9.17) is 0 Å². The van der Waals surface area contributed by atoms with Crippen molar-refractivity contribution >= 4 is 17.7 Å². The Labute approximate surface area is 138 Å². The molecule has 1 aromatic rings. The van der Waals surface area contributed by atoms with Crippen LogP contribution in [0, 0.1) is 0 Å². The van der Waals surface area contributed by atoms with Crippen LogP contribution in [-0.4, -0.2) is 73.6 Å². The quantitative estimate of drug-likeness (QED) is 0.827. The van der Waals surface area contributed by atoms with Gasteiger partial charge < -0.3 is 15.1 Å². The van der Waals surface area contributed by atoms with Crippen LogP contribution in [0.25, 0.3) is 0 Å². The first-order chi connectivity index (χ1) is 11.0. The largest absolute Gasteiger partial charge is 0.354 e. The summed E-state index contributed by atoms with van der Waals surface area (Å²) >= 11 is 0. The molecular weight excluding hydrogens is 292 g/mol. The Hall–Kier alpha value is -1.89. The third-order valence-electron chi connectivity index (χ3n) is 4.11. The van der Waals surface area contributed by atoms with Gasteiger partial charge in [0.15, 0.2) is 0 Å². The maximum Gasteiger partial charge on any atom is 0.234 e. The monoisotopic (exact) mass is 320 g/mol. The van der Waals surface area contributed by atoms with E-state index in [9.17, 15) is 4.79 Å². The summed E-state index contributed by atoms with van der Waals surface area (Å²) in [6.45, 7) is 8.08. The van der Waals surface area contributed by atoms with Crippen molar-refractivity contribution in [3.63, 3.8) is 0 Å². The molecule has 0 bridgehead atoms. The van der Waals surface area contributed by atoms with E-state index in [1.807, 2.05) is 32.0 Å². The molecule has 7 nitrogen and oxygen atoms in total. The molecule has 2 rings (SSSR count). The third-order valence-corrected chi connectivity index (χ3v) is 4.11. The van der Waals surface area contributed by atoms with E-state index in [2.05, 4.69) is 32.0 Å². The fraction of sp³-hybridized carbons (Fsp3) is 0.688. The normalized spacial score (nSPS) is 17.0. The van der Waals surface area contributed by atoms with Gasteiger partial charge in [0, 0.05) is 52.5 Å². The lowest BCUT2D eigenvalue weighted by Gasteiger charge is -2.35. The summed E-state index contributed by atoms with van der Waals surface area (Å²) in [7, 11) is 3.87. The Balaban J connectivity index is 1.84. The van der Waals surface area contributed by atoms with Crippen molar-refractivity contribution in [3.8, 4) is 0 Å². The Morgan fingerprint density at radius 2 is 2.04 bits per heavy atom. The fourth-order valence-electron chi connectivity index (χ4n) is 2.49. The molecule has 0 saturated carbocycles. The predicted molar refractivity (Wildman–Crippen MR) is 92.9 cm³/mol. The summed E-state index contributed by atoms with van der Waals surface area (Å²) < 4.78 is 0. The Kier molecular flexibility index (Phi) is 6.15. The summed E-state index contributed by atoms with van der Waals surface area (Å²) in [5, 5.41) is 3.02. The predicted octanol–water partition coefficient (Wildman–Crippen LogP) is 0.579. The van der Waals surface area contributed by atoms with Crippen LogP contribution in [0.3, 0.4) is 0 Å². The van der Waals surface area contributed by atoms with Gasteiger partial charge in [-0.05, 0) is 19.4 Å². The van der Waals surface area contributed by atoms with E-state index in [0.29, 0.717) is 6.54 Å². The van der Waals surface area contributed by atoms with Crippen molar-refractivity contribution < 1.29 is 4.79 Å². The molecule has 0 spiro atoms. The van der Waals surface area contributed by atoms with Crippen LogP contribution >= 0.6 is 0 Å². The van der Waals surface area contributed by atoms with Gasteiger partial charge in [-0.25, -0.2) is 4.98 Å². The molecule has 1 atom stereocenters. The highest BCUT2D eigenvalue weighted by atomic mass is 16.2. The van der Waals surface area contributed by atoms with Gasteiger partial charge in [0.05, 0.1) is 6.54 Å². The van der Waals surface area contributed by atoms with Gasteiger partial charge in [0.2, 0.25) is 11.9 Å². The average molecular weight is 320 g/mol. The molecule has 0 aliphatic carbocycles. The zero-order valence-corrected chi connectivity index (χ0v) is 14.6. The molecule has 1 aliphatic heterocycles. The highest BCUT2D eigenvalue weighted by Crippen LogP contribution is 2.15. The second-order valence-electron chi connectivity index (χ2n) is 6.25. The second-order valence-corrected chi connectivity index (χ2v) is 6.25. The lowest BCUT2D eigenvalue weighted by molar-refractivity contribution is -0.122. The number of hydrogen-bond acceptors (Lipinski definition) is 6. The van der Waals surface area contributed by atoms with Crippen molar-refractivity contribution in [1.29, 1.82) is 0 Å². The van der Waals surface area contributed by atoms with Crippen LogP contribution < -0.4 is 15.1 Å². The average Bonchev–Trinajstić information content (AvgIpc) is 2.55. The van der Waals surface area contributed by atoms with Crippen LogP contribution in [0.1, 0.15) is 20.3 Å². The summed E-state index contributed by atoms with van der Waals surface area (Å²) in [5.41, 5.74) is 0. The zero-order chi connectivity index (χ0) is 16.8. The van der Waals surface area contributed by atoms with E-state index in [1.165, 1.54) is 0 Å². The smallest absolute Gasteiger partial charge is 0.234 e. The van der Waals surface area contributed by atoms with Gasteiger partial charge in [-0.15, -0.1) is 0 Å². The van der Waals surface area contributed by atoms with Crippen LogP contribution in [-0.2, 0) is 4.79 Å². The molecule has 1 amide bonds. The molecule has 1 N–H and O–H groups in total. The minimum absolute atomic E-state index is 0.115. The molecule has 1 fully saturated rings. The molecule has 128 valence electrons. The van der Waals surface area contributed by atoms with Gasteiger partial charge in [0.25, 0.3) is 0 Å². The Bertz CT molecular complexity index is 513. The molecule has 1 aliphatic rings. The third kappa shape index (κ3) is 5.06. The standard InChI is InChI=1S/C16H28N6O/c1-5-13(2)18-15(23)12-21-8-10-22(11-9-21)14-6-7-17-16(19-14)20(3)4/h6-7,13H,5,8-12H2,1-4H3,(H,18,23)/t13-/m0/s1. The molecule has 7 heteroatoms. The van der Waals surface area contributed by atoms with Crippen molar-refractivity contribution in [2.45, 2.75) is 26.3 Å². The second kappa shape index (κ2) is 8.10. The van der Waals surface area contributed by atoms with Gasteiger partial charge in [-0.1, -0.05) is 6.92 Å². The highest BCUT2D eigenvalue weighted by molar-refractivity contribution is 5.78. The maximum absolute atomic E-state index is 12.0. The summed E-state index contributed by atoms with van der Waals surface area (Å²) in [5.74, 6) is 1.79. The van der Waals surface area contributed by atoms with E-state index in [1.54, 1.807) is 6.20 Å². The maximum atomic E-state index is 12.0. The first kappa shape index (κ1) is 17.5. The number of hydrogen-bond donors (Lipinski definition) is 1. The minimum Gasteiger partial charge on any atom is -0.354 e. The number of piperazine rings is 1. The van der Waals surface area contributed by atoms with E-state index in [0.717, 1.165) is 44.4 Å². The number of carbonyl (C=O) groups excluding carboxylic acids is 1. The van der Waals surface area contributed by atoms with Crippen molar-refractivity contribution in [2.75, 3.05) is 56.6 Å². The Morgan fingerprint density at radius 1 is 1.35 bits per heavy atom. The van der Waals surface area contributed by atoms with Crippen LogP contribution in [0.15, 0.2) is 12.3 Å². The summed E-state index contributed by atoms with van der Waals surface area (Å²) in [6, 6.07) is 2.19. The lowest BCUT2D eigenvalue weighted by atomic mass is 10.2. The number of nitrogens with one attached hydrogen (secondary N) is 1. The molecule has 2 heterocycles. The highest BCUT2D eigenvalue weighted by Gasteiger charge is 2.20. The van der Waals surface area contributed by atoms with Gasteiger partial charge in [0.1, 0.15) is 5.82 Å². The molecule has 1 aromatic heterocycles. The number of nitrogens with zero attached hydrogens (tertiary/aromatic N) is 5. The van der Waals surface area contributed by atoms with Crippen LogP contribution in [0.5, 0.6) is 0 Å². The molecule has 1 saturated heterocycles.